The Hall–Kier alpha value is -3.68. The summed E-state index contributed by atoms with van der Waals surface area (Å²) in [7, 11) is 0. The highest BCUT2D eigenvalue weighted by Crippen LogP contribution is 2.24. The molecule has 8 nitrogen and oxygen atoms in total. The molecule has 8 heteroatoms. The highest BCUT2D eigenvalue weighted by atomic mass is 16.3. The zero-order valence-electron chi connectivity index (χ0n) is 15.1. The van der Waals surface area contributed by atoms with Crippen LogP contribution in [-0.4, -0.2) is 43.5 Å². The second-order valence-electron chi connectivity index (χ2n) is 6.77. The van der Waals surface area contributed by atoms with E-state index < -0.39 is 0 Å². The van der Waals surface area contributed by atoms with E-state index in [-0.39, 0.29) is 11.7 Å². The molecule has 1 aliphatic rings. The molecule has 1 fully saturated rings. The van der Waals surface area contributed by atoms with Crippen molar-refractivity contribution in [3.05, 3.63) is 54.4 Å². The van der Waals surface area contributed by atoms with Gasteiger partial charge < -0.3 is 15.1 Å². The minimum absolute atomic E-state index is 0.0502. The van der Waals surface area contributed by atoms with Gasteiger partial charge in [0.2, 0.25) is 5.82 Å². The first-order valence-corrected chi connectivity index (χ1v) is 9.15. The SMILES string of the molecule is Nc1nc(-c2cccc(C(=O)N3CCCC3)c2)cn2nc(-c3ccco3)nc12. The third-order valence-corrected chi connectivity index (χ3v) is 4.89. The molecule has 0 radical (unpaired) electrons. The van der Waals surface area contributed by atoms with Crippen molar-refractivity contribution in [1.29, 1.82) is 0 Å². The molecule has 4 aromatic rings. The Bertz CT molecular complexity index is 1160. The molecule has 1 saturated heterocycles. The van der Waals surface area contributed by atoms with E-state index in [1.165, 1.54) is 0 Å². The summed E-state index contributed by atoms with van der Waals surface area (Å²) in [4.78, 5) is 23.4. The molecule has 1 aliphatic heterocycles. The standard InChI is InChI=1S/C20H18N6O2/c21-17-19-23-18(16-7-4-10-28-16)24-26(19)12-15(22-17)13-5-3-6-14(11-13)20(27)25-8-1-2-9-25/h3-7,10-12H,1-2,8-9H2,(H2,21,22). The number of hydrogen-bond acceptors (Lipinski definition) is 6. The lowest BCUT2D eigenvalue weighted by Gasteiger charge is -2.15. The van der Waals surface area contributed by atoms with Gasteiger partial charge in [-0.1, -0.05) is 12.1 Å². The minimum atomic E-state index is 0.0502. The average molecular weight is 374 g/mol. The van der Waals surface area contributed by atoms with Gasteiger partial charge in [-0.3, -0.25) is 4.79 Å². The fourth-order valence-electron chi connectivity index (χ4n) is 3.48. The van der Waals surface area contributed by atoms with E-state index in [1.807, 2.05) is 29.2 Å². The molecule has 0 bridgehead atoms. The maximum atomic E-state index is 12.7. The first-order chi connectivity index (χ1) is 13.7. The first kappa shape index (κ1) is 16.5. The second kappa shape index (κ2) is 6.49. The van der Waals surface area contributed by atoms with Crippen molar-refractivity contribution in [2.24, 2.45) is 0 Å². The fourth-order valence-corrected chi connectivity index (χ4v) is 3.48. The van der Waals surface area contributed by atoms with E-state index in [0.29, 0.717) is 28.5 Å². The van der Waals surface area contributed by atoms with Crippen molar-refractivity contribution in [2.45, 2.75) is 12.8 Å². The lowest BCUT2D eigenvalue weighted by Crippen LogP contribution is -2.27. The number of aromatic nitrogens is 4. The van der Waals surface area contributed by atoms with Crippen LogP contribution < -0.4 is 5.73 Å². The maximum Gasteiger partial charge on any atom is 0.253 e. The van der Waals surface area contributed by atoms with Crippen LogP contribution in [0.15, 0.2) is 53.3 Å². The van der Waals surface area contributed by atoms with Crippen LogP contribution >= 0.6 is 0 Å². The van der Waals surface area contributed by atoms with Gasteiger partial charge in [-0.15, -0.1) is 5.10 Å². The van der Waals surface area contributed by atoms with Gasteiger partial charge in [-0.25, -0.2) is 14.5 Å². The Labute approximate surface area is 160 Å². The minimum Gasteiger partial charge on any atom is -0.461 e. The molecule has 2 N–H and O–H groups in total. The Kier molecular flexibility index (Phi) is 3.82. The molecule has 140 valence electrons. The van der Waals surface area contributed by atoms with E-state index in [9.17, 15) is 4.79 Å². The Morgan fingerprint density at radius 1 is 1.11 bits per heavy atom. The molecule has 3 aromatic heterocycles. The Morgan fingerprint density at radius 3 is 2.75 bits per heavy atom. The number of hydrogen-bond donors (Lipinski definition) is 1. The van der Waals surface area contributed by atoms with Gasteiger partial charge in [0.15, 0.2) is 17.2 Å². The van der Waals surface area contributed by atoms with Gasteiger partial charge in [-0.05, 0) is 37.1 Å². The monoisotopic (exact) mass is 374 g/mol. The summed E-state index contributed by atoms with van der Waals surface area (Å²) in [5, 5.41) is 4.44. The molecule has 0 unspecified atom stereocenters. The van der Waals surface area contributed by atoms with Crippen LogP contribution in [-0.2, 0) is 0 Å². The van der Waals surface area contributed by atoms with Gasteiger partial charge in [0.25, 0.3) is 5.91 Å². The van der Waals surface area contributed by atoms with Crippen LogP contribution in [0, 0.1) is 0 Å². The third-order valence-electron chi connectivity index (χ3n) is 4.89. The molecular formula is C20H18N6O2. The number of nitrogen functional groups attached to an aromatic ring is 1. The number of benzene rings is 1. The van der Waals surface area contributed by atoms with E-state index in [2.05, 4.69) is 15.1 Å². The van der Waals surface area contributed by atoms with Crippen LogP contribution in [0.3, 0.4) is 0 Å². The molecule has 0 aliphatic carbocycles. The number of anilines is 1. The van der Waals surface area contributed by atoms with Crippen LogP contribution in [0.1, 0.15) is 23.2 Å². The lowest BCUT2D eigenvalue weighted by molar-refractivity contribution is 0.0793. The molecule has 28 heavy (non-hydrogen) atoms. The molecule has 5 rings (SSSR count). The van der Waals surface area contributed by atoms with Crippen molar-refractivity contribution < 1.29 is 9.21 Å². The molecule has 0 saturated carbocycles. The average Bonchev–Trinajstić information content (AvgIpc) is 3.48. The Balaban J connectivity index is 1.54. The topological polar surface area (TPSA) is 103 Å². The number of likely N-dealkylation sites (tertiary alicyclic amines) is 1. The Morgan fingerprint density at radius 2 is 1.96 bits per heavy atom. The van der Waals surface area contributed by atoms with Crippen molar-refractivity contribution >= 4 is 17.4 Å². The lowest BCUT2D eigenvalue weighted by atomic mass is 10.1. The summed E-state index contributed by atoms with van der Waals surface area (Å²) in [6.07, 6.45) is 5.44. The quantitative estimate of drug-likeness (QED) is 0.591. The van der Waals surface area contributed by atoms with Crippen molar-refractivity contribution in [3.63, 3.8) is 0 Å². The first-order valence-electron chi connectivity index (χ1n) is 9.15. The predicted octanol–water partition coefficient (Wildman–Crippen LogP) is 2.87. The summed E-state index contributed by atoms with van der Waals surface area (Å²) < 4.78 is 6.94. The molecule has 1 aromatic carbocycles. The van der Waals surface area contributed by atoms with Crippen LogP contribution in [0.5, 0.6) is 0 Å². The zero-order valence-corrected chi connectivity index (χ0v) is 15.1. The smallest absolute Gasteiger partial charge is 0.253 e. The number of furan rings is 1. The summed E-state index contributed by atoms with van der Waals surface area (Å²) in [6.45, 7) is 1.63. The molecule has 4 heterocycles. The molecule has 1 amide bonds. The summed E-state index contributed by atoms with van der Waals surface area (Å²) >= 11 is 0. The maximum absolute atomic E-state index is 12.7. The van der Waals surface area contributed by atoms with Gasteiger partial charge in [0, 0.05) is 24.2 Å². The number of nitrogens with two attached hydrogens (primary N) is 1. The number of carbonyl (C=O) groups is 1. The van der Waals surface area contributed by atoms with Crippen LogP contribution in [0.25, 0.3) is 28.5 Å². The van der Waals surface area contributed by atoms with E-state index in [1.54, 1.807) is 29.1 Å². The van der Waals surface area contributed by atoms with E-state index >= 15 is 0 Å². The van der Waals surface area contributed by atoms with E-state index in [4.69, 9.17) is 10.2 Å². The second-order valence-corrected chi connectivity index (χ2v) is 6.77. The largest absolute Gasteiger partial charge is 0.461 e. The molecule has 0 atom stereocenters. The predicted molar refractivity (Wildman–Crippen MR) is 103 cm³/mol. The number of fused-ring (bicyclic) bond motifs is 1. The number of rotatable bonds is 3. The van der Waals surface area contributed by atoms with Gasteiger partial charge >= 0.3 is 0 Å². The summed E-state index contributed by atoms with van der Waals surface area (Å²) in [5.41, 5.74) is 8.65. The van der Waals surface area contributed by atoms with Crippen molar-refractivity contribution in [1.82, 2.24) is 24.5 Å². The van der Waals surface area contributed by atoms with Crippen molar-refractivity contribution in [2.75, 3.05) is 18.8 Å². The summed E-state index contributed by atoms with van der Waals surface area (Å²) in [5.74, 6) is 1.31. The number of carbonyl (C=O) groups excluding carboxylic acids is 1. The van der Waals surface area contributed by atoms with Crippen LogP contribution in [0.2, 0.25) is 0 Å². The highest BCUT2D eigenvalue weighted by Gasteiger charge is 2.20. The van der Waals surface area contributed by atoms with Gasteiger partial charge in [-0.2, -0.15) is 0 Å². The van der Waals surface area contributed by atoms with Gasteiger partial charge in [0.05, 0.1) is 18.2 Å². The number of amides is 1. The zero-order chi connectivity index (χ0) is 19.1. The summed E-state index contributed by atoms with van der Waals surface area (Å²) in [6, 6.07) is 11.0. The molecular weight excluding hydrogens is 356 g/mol. The highest BCUT2D eigenvalue weighted by molar-refractivity contribution is 5.95. The normalized spacial score (nSPS) is 14.1. The third kappa shape index (κ3) is 2.79. The van der Waals surface area contributed by atoms with E-state index in [0.717, 1.165) is 31.5 Å². The molecule has 0 spiro atoms. The van der Waals surface area contributed by atoms with Gasteiger partial charge in [0.1, 0.15) is 0 Å². The fraction of sp³-hybridized carbons (Fsp3) is 0.200. The van der Waals surface area contributed by atoms with Crippen molar-refractivity contribution in [3.8, 4) is 22.8 Å². The number of nitrogens with zero attached hydrogens (tertiary/aromatic N) is 5. The van der Waals surface area contributed by atoms with Crippen LogP contribution in [0.4, 0.5) is 5.82 Å².